The molecule has 0 spiro atoms. The van der Waals surface area contributed by atoms with Gasteiger partial charge in [-0.25, -0.2) is 9.37 Å². The minimum atomic E-state index is -0.248. The number of rotatable bonds is 5. The van der Waals surface area contributed by atoms with Gasteiger partial charge in [0.1, 0.15) is 5.82 Å². The Morgan fingerprint density at radius 2 is 1.91 bits per heavy atom. The topological polar surface area (TPSA) is 24.9 Å². The van der Waals surface area contributed by atoms with Crippen LogP contribution in [-0.2, 0) is 0 Å². The summed E-state index contributed by atoms with van der Waals surface area (Å²) in [5.74, 6) is 0.457. The van der Waals surface area contributed by atoms with Gasteiger partial charge in [0, 0.05) is 5.70 Å². The van der Waals surface area contributed by atoms with Crippen molar-refractivity contribution in [2.24, 2.45) is 0 Å². The van der Waals surface area contributed by atoms with Gasteiger partial charge in [-0.1, -0.05) is 23.8 Å². The van der Waals surface area contributed by atoms with Crippen LogP contribution in [0.4, 0.5) is 10.2 Å². The zero-order chi connectivity index (χ0) is 17.4. The first-order chi connectivity index (χ1) is 10.8. The van der Waals surface area contributed by atoms with Gasteiger partial charge in [0.15, 0.2) is 0 Å². The zero-order valence-corrected chi connectivity index (χ0v) is 14.6. The Kier molecular flexibility index (Phi) is 7.20. The molecule has 0 aromatic carbocycles. The molecule has 122 valence electrons. The van der Waals surface area contributed by atoms with Crippen LogP contribution in [0.25, 0.3) is 11.6 Å². The maximum Gasteiger partial charge on any atom is 0.131 e. The molecule has 0 aliphatic heterocycles. The smallest absolute Gasteiger partial charge is 0.131 e. The van der Waals surface area contributed by atoms with Crippen molar-refractivity contribution in [1.29, 1.82) is 0 Å². The normalized spacial score (nSPS) is 13.6. The van der Waals surface area contributed by atoms with Crippen LogP contribution in [0, 0.1) is 0 Å². The molecule has 1 aromatic heterocycles. The maximum absolute atomic E-state index is 13.0. The van der Waals surface area contributed by atoms with E-state index >= 15 is 0 Å². The van der Waals surface area contributed by atoms with Crippen LogP contribution in [0.15, 0.2) is 60.1 Å². The minimum absolute atomic E-state index is 0.248. The highest BCUT2D eigenvalue weighted by molar-refractivity contribution is 5.50. The second-order valence-electron chi connectivity index (χ2n) is 5.62. The number of nitrogens with zero attached hydrogens (tertiary/aromatic N) is 1. The quantitative estimate of drug-likeness (QED) is 0.816. The Morgan fingerprint density at radius 3 is 2.43 bits per heavy atom. The number of hydrogen-bond donors (Lipinski definition) is 1. The largest absolute Gasteiger partial charge is 0.340 e. The van der Waals surface area contributed by atoms with Gasteiger partial charge in [0.2, 0.25) is 0 Å². The van der Waals surface area contributed by atoms with Crippen molar-refractivity contribution in [3.8, 4) is 0 Å². The van der Waals surface area contributed by atoms with Gasteiger partial charge < -0.3 is 5.32 Å². The number of halogens is 1. The highest BCUT2D eigenvalue weighted by atomic mass is 19.1. The lowest BCUT2D eigenvalue weighted by atomic mass is 10.2. The molecule has 0 bridgehead atoms. The van der Waals surface area contributed by atoms with Gasteiger partial charge in [0.25, 0.3) is 0 Å². The fourth-order valence-corrected chi connectivity index (χ4v) is 2.01. The summed E-state index contributed by atoms with van der Waals surface area (Å²) in [6, 6.07) is 3.91. The lowest BCUT2D eigenvalue weighted by molar-refractivity contribution is 0.641. The van der Waals surface area contributed by atoms with Crippen molar-refractivity contribution in [2.45, 2.75) is 34.6 Å². The summed E-state index contributed by atoms with van der Waals surface area (Å²) >= 11 is 0. The van der Waals surface area contributed by atoms with Crippen LogP contribution in [0.5, 0.6) is 0 Å². The van der Waals surface area contributed by atoms with Gasteiger partial charge in [-0.15, -0.1) is 0 Å². The molecule has 1 N–H and O–H groups in total. The summed E-state index contributed by atoms with van der Waals surface area (Å²) in [4.78, 5) is 4.59. The molecule has 23 heavy (non-hydrogen) atoms. The molecule has 0 fully saturated rings. The molecule has 0 saturated carbocycles. The number of anilines is 1. The monoisotopic (exact) mass is 312 g/mol. The highest BCUT2D eigenvalue weighted by Crippen LogP contribution is 2.07. The lowest BCUT2D eigenvalue weighted by Crippen LogP contribution is -2.29. The number of aromatic nitrogens is 1. The van der Waals surface area contributed by atoms with E-state index in [1.807, 2.05) is 58.1 Å². The predicted octanol–water partition coefficient (Wildman–Crippen LogP) is 4.37. The fraction of sp³-hybridized carbons (Fsp3) is 0.250. The van der Waals surface area contributed by atoms with E-state index < -0.39 is 0 Å². The second-order valence-corrected chi connectivity index (χ2v) is 5.62. The van der Waals surface area contributed by atoms with E-state index in [-0.39, 0.29) is 5.83 Å². The number of hydrogen-bond acceptors (Lipinski definition) is 2. The Hall–Kier alpha value is -2.42. The van der Waals surface area contributed by atoms with Gasteiger partial charge in [-0.3, -0.25) is 0 Å². The molecule has 0 radical (unpaired) electrons. The van der Waals surface area contributed by atoms with E-state index in [1.54, 1.807) is 6.08 Å². The van der Waals surface area contributed by atoms with Crippen LogP contribution < -0.4 is 15.9 Å². The molecule has 1 heterocycles. The van der Waals surface area contributed by atoms with Crippen LogP contribution >= 0.6 is 0 Å². The van der Waals surface area contributed by atoms with E-state index in [0.717, 1.165) is 27.4 Å². The van der Waals surface area contributed by atoms with Crippen molar-refractivity contribution in [3.63, 3.8) is 0 Å². The Labute approximate surface area is 138 Å². The average Bonchev–Trinajstić information content (AvgIpc) is 2.44. The molecule has 3 heteroatoms. The Balaban J connectivity index is 3.39. The molecular formula is C20H25FN2. The van der Waals surface area contributed by atoms with Crippen molar-refractivity contribution < 1.29 is 4.39 Å². The third kappa shape index (κ3) is 6.47. The van der Waals surface area contributed by atoms with Crippen molar-refractivity contribution >= 4 is 17.5 Å². The molecule has 0 amide bonds. The molecule has 1 aromatic rings. The molecule has 0 aliphatic rings. The third-order valence-corrected chi connectivity index (χ3v) is 2.95. The SMILES string of the molecule is C=C(C)/C=C(\C=C/C)Nc1ccc(=C(C)C)/c(=C\C=C(/C)F)n1. The highest BCUT2D eigenvalue weighted by Gasteiger charge is 1.98. The van der Waals surface area contributed by atoms with Crippen molar-refractivity contribution in [1.82, 2.24) is 4.98 Å². The van der Waals surface area contributed by atoms with E-state index in [9.17, 15) is 4.39 Å². The molecule has 0 aliphatic carbocycles. The first kappa shape index (κ1) is 18.6. The van der Waals surface area contributed by atoms with Gasteiger partial charge in [0.05, 0.1) is 11.2 Å². The van der Waals surface area contributed by atoms with E-state index in [4.69, 9.17) is 0 Å². The number of allylic oxidation sites excluding steroid dienone is 6. The molecular weight excluding hydrogens is 287 g/mol. The predicted molar refractivity (Wildman–Crippen MR) is 98.9 cm³/mol. The van der Waals surface area contributed by atoms with Gasteiger partial charge in [-0.2, -0.15) is 0 Å². The molecule has 1 rings (SSSR count). The zero-order valence-electron chi connectivity index (χ0n) is 14.6. The summed E-state index contributed by atoms with van der Waals surface area (Å²) in [6.45, 7) is 13.2. The van der Waals surface area contributed by atoms with E-state index in [0.29, 0.717) is 5.82 Å². The summed E-state index contributed by atoms with van der Waals surface area (Å²) in [6.07, 6.45) is 8.97. The second kappa shape index (κ2) is 8.89. The van der Waals surface area contributed by atoms with Crippen LogP contribution in [-0.4, -0.2) is 4.98 Å². The summed E-state index contributed by atoms with van der Waals surface area (Å²) in [5.41, 5.74) is 2.98. The summed E-state index contributed by atoms with van der Waals surface area (Å²) in [7, 11) is 0. The maximum atomic E-state index is 13.0. The first-order valence-electron chi connectivity index (χ1n) is 7.59. The van der Waals surface area contributed by atoms with E-state index in [1.165, 1.54) is 13.0 Å². The minimum Gasteiger partial charge on any atom is -0.340 e. The standard InChI is InChI=1S/C20H25FN2/c1-7-8-17(13-14(2)3)22-20-12-10-18(15(4)5)19(23-20)11-9-16(6)21/h7-13H,2H2,1,3-6H3,(H,22,23)/b8-7-,16-9+,17-13+,19-11+. The van der Waals surface area contributed by atoms with Crippen LogP contribution in [0.2, 0.25) is 0 Å². The van der Waals surface area contributed by atoms with Gasteiger partial charge in [-0.05, 0) is 76.3 Å². The third-order valence-electron chi connectivity index (χ3n) is 2.95. The van der Waals surface area contributed by atoms with Gasteiger partial charge >= 0.3 is 0 Å². The summed E-state index contributed by atoms with van der Waals surface area (Å²) in [5, 5.41) is 5.01. The Morgan fingerprint density at radius 1 is 1.22 bits per heavy atom. The average molecular weight is 312 g/mol. The number of pyridine rings is 1. The summed E-state index contributed by atoms with van der Waals surface area (Å²) < 4.78 is 13.0. The molecule has 0 saturated heterocycles. The number of nitrogens with one attached hydrogen (secondary N) is 1. The van der Waals surface area contributed by atoms with Crippen LogP contribution in [0.1, 0.15) is 34.6 Å². The lowest BCUT2D eigenvalue weighted by Gasteiger charge is -2.07. The molecule has 0 atom stereocenters. The fourth-order valence-electron chi connectivity index (χ4n) is 2.01. The molecule has 2 nitrogen and oxygen atoms in total. The molecule has 0 unspecified atom stereocenters. The van der Waals surface area contributed by atoms with Crippen LogP contribution in [0.3, 0.4) is 0 Å². The Bertz CT molecular complexity index is 772. The van der Waals surface area contributed by atoms with E-state index in [2.05, 4.69) is 16.9 Å². The van der Waals surface area contributed by atoms with Crippen molar-refractivity contribution in [2.75, 3.05) is 5.32 Å². The van der Waals surface area contributed by atoms with Crippen molar-refractivity contribution in [3.05, 3.63) is 70.7 Å². The first-order valence-corrected chi connectivity index (χ1v) is 7.59.